The van der Waals surface area contributed by atoms with Gasteiger partial charge in [-0.1, -0.05) is 0 Å². The maximum Gasteiger partial charge on any atom is 0.269 e. The predicted molar refractivity (Wildman–Crippen MR) is 64.2 cm³/mol. The van der Waals surface area contributed by atoms with E-state index in [1.54, 1.807) is 0 Å². The van der Waals surface area contributed by atoms with Crippen LogP contribution in [0.3, 0.4) is 0 Å². The largest absolute Gasteiger partial charge is 0.404 e. The first kappa shape index (κ1) is 11.7. The molecule has 0 saturated carbocycles. The van der Waals surface area contributed by atoms with Crippen LogP contribution in [-0.2, 0) is 0 Å². The molecular weight excluding hydrogens is 240 g/mol. The molecular formula is C9H10N6O3. The Labute approximate surface area is 101 Å². The van der Waals surface area contributed by atoms with E-state index < -0.39 is 4.92 Å². The fourth-order valence-corrected chi connectivity index (χ4v) is 1.35. The summed E-state index contributed by atoms with van der Waals surface area (Å²) in [6, 6.07) is 5.79. The molecule has 9 nitrogen and oxygen atoms in total. The summed E-state index contributed by atoms with van der Waals surface area (Å²) in [6.45, 7) is 0. The van der Waals surface area contributed by atoms with Crippen LogP contribution in [0, 0.1) is 10.1 Å². The van der Waals surface area contributed by atoms with E-state index in [-0.39, 0.29) is 17.3 Å². The van der Waals surface area contributed by atoms with E-state index >= 15 is 0 Å². The second kappa shape index (κ2) is 4.59. The van der Waals surface area contributed by atoms with E-state index in [1.165, 1.54) is 24.3 Å². The van der Waals surface area contributed by atoms with Gasteiger partial charge in [-0.25, -0.2) is 0 Å². The summed E-state index contributed by atoms with van der Waals surface area (Å²) in [5.74, 6) is 5.70. The number of nitro benzene ring substituents is 1. The number of nitrogens with zero attached hydrogens (tertiary/aromatic N) is 2. The topological polar surface area (TPSA) is 145 Å². The highest BCUT2D eigenvalue weighted by Crippen LogP contribution is 2.30. The molecule has 0 bridgehead atoms. The summed E-state index contributed by atoms with van der Waals surface area (Å²) in [5.41, 5.74) is 6.10. The van der Waals surface area contributed by atoms with Gasteiger partial charge in [-0.15, -0.1) is 0 Å². The van der Waals surface area contributed by atoms with Crippen molar-refractivity contribution in [3.8, 4) is 5.75 Å². The van der Waals surface area contributed by atoms with Crippen molar-refractivity contribution < 1.29 is 9.76 Å². The van der Waals surface area contributed by atoms with Crippen molar-refractivity contribution in [2.45, 2.75) is 0 Å². The van der Waals surface area contributed by atoms with Gasteiger partial charge in [-0.05, 0) is 12.1 Å². The van der Waals surface area contributed by atoms with Crippen LogP contribution in [0.4, 0.5) is 23.0 Å². The number of H-pyrrole nitrogens is 1. The number of anilines is 3. The third kappa shape index (κ3) is 2.15. The minimum absolute atomic E-state index is 0.00242. The number of aromatic nitrogens is 2. The normalized spacial score (nSPS) is 10.1. The van der Waals surface area contributed by atoms with Crippen molar-refractivity contribution in [1.82, 2.24) is 10.2 Å². The minimum Gasteiger partial charge on any atom is -0.404 e. The highest BCUT2D eigenvalue weighted by Gasteiger charge is 2.12. The molecule has 0 saturated heterocycles. The molecule has 0 radical (unpaired) electrons. The number of non-ortho nitro benzene ring substituents is 1. The number of hydrogen-bond acceptors (Lipinski definition) is 7. The molecule has 0 aliphatic carbocycles. The Bertz CT molecular complexity index is 564. The van der Waals surface area contributed by atoms with Crippen molar-refractivity contribution in [1.29, 1.82) is 0 Å². The molecule has 0 atom stereocenters. The van der Waals surface area contributed by atoms with Crippen molar-refractivity contribution in [3.63, 3.8) is 0 Å². The van der Waals surface area contributed by atoms with Gasteiger partial charge in [0.05, 0.1) is 4.92 Å². The molecule has 1 aromatic carbocycles. The van der Waals surface area contributed by atoms with E-state index in [1.807, 2.05) is 0 Å². The molecule has 0 fully saturated rings. The number of nitrogens with one attached hydrogen (secondary N) is 2. The number of nitrogens with two attached hydrogens (primary N) is 2. The van der Waals surface area contributed by atoms with Gasteiger partial charge in [0.15, 0.2) is 11.6 Å². The zero-order valence-corrected chi connectivity index (χ0v) is 9.08. The fraction of sp³-hybridized carbons (Fsp3) is 0. The van der Waals surface area contributed by atoms with E-state index in [9.17, 15) is 10.1 Å². The van der Waals surface area contributed by atoms with Crippen molar-refractivity contribution >= 4 is 23.0 Å². The van der Waals surface area contributed by atoms with Crippen LogP contribution in [0.1, 0.15) is 0 Å². The molecule has 2 rings (SSSR count). The Morgan fingerprint density at radius 3 is 2.61 bits per heavy atom. The fourth-order valence-electron chi connectivity index (χ4n) is 1.35. The van der Waals surface area contributed by atoms with Crippen molar-refractivity contribution in [2.24, 2.45) is 5.90 Å². The van der Waals surface area contributed by atoms with Crippen LogP contribution in [0.25, 0.3) is 0 Å². The monoisotopic (exact) mass is 250 g/mol. The Morgan fingerprint density at radius 1 is 1.39 bits per heavy atom. The number of nitro groups is 1. The Kier molecular flexibility index (Phi) is 2.98. The average Bonchev–Trinajstić information content (AvgIpc) is 2.70. The highest BCUT2D eigenvalue weighted by atomic mass is 16.6. The minimum atomic E-state index is -0.481. The number of hydrogen-bond donors (Lipinski definition) is 4. The smallest absolute Gasteiger partial charge is 0.269 e. The summed E-state index contributed by atoms with van der Waals surface area (Å²) >= 11 is 0. The summed E-state index contributed by atoms with van der Waals surface area (Å²) in [6.07, 6.45) is 0. The zero-order valence-electron chi connectivity index (χ0n) is 9.08. The van der Waals surface area contributed by atoms with Crippen LogP contribution in [0.2, 0.25) is 0 Å². The number of benzene rings is 1. The number of aromatic amines is 1. The first-order valence-electron chi connectivity index (χ1n) is 4.84. The quantitative estimate of drug-likeness (QED) is 0.465. The SMILES string of the molecule is NOc1c(Nc2ccc([N+](=O)[O-])cc2)n[nH]c1N. The molecule has 9 heteroatoms. The zero-order chi connectivity index (χ0) is 13.1. The van der Waals surface area contributed by atoms with Crippen molar-refractivity contribution in [2.75, 3.05) is 11.1 Å². The van der Waals surface area contributed by atoms with Gasteiger partial charge in [0.2, 0.25) is 5.75 Å². The third-order valence-corrected chi connectivity index (χ3v) is 2.21. The molecule has 18 heavy (non-hydrogen) atoms. The van der Waals surface area contributed by atoms with Crippen molar-refractivity contribution in [3.05, 3.63) is 34.4 Å². The number of nitrogen functional groups attached to an aromatic ring is 1. The standard InChI is InChI=1S/C9H10N6O3/c10-8-7(18-11)9(14-13-8)12-5-1-3-6(4-2-5)15(16)17/h1-4H,11H2,(H4,10,12,13,14). The van der Waals surface area contributed by atoms with E-state index in [2.05, 4.69) is 20.4 Å². The van der Waals surface area contributed by atoms with Gasteiger partial charge in [0.1, 0.15) is 0 Å². The second-order valence-electron chi connectivity index (χ2n) is 3.36. The number of rotatable bonds is 4. The lowest BCUT2D eigenvalue weighted by Crippen LogP contribution is -2.05. The van der Waals surface area contributed by atoms with E-state index in [0.29, 0.717) is 11.5 Å². The molecule has 94 valence electrons. The lowest BCUT2D eigenvalue weighted by Gasteiger charge is -2.04. The van der Waals surface area contributed by atoms with Gasteiger partial charge in [-0.2, -0.15) is 11.0 Å². The van der Waals surface area contributed by atoms with Crippen LogP contribution < -0.4 is 21.8 Å². The highest BCUT2D eigenvalue weighted by molar-refractivity contribution is 5.69. The summed E-state index contributed by atoms with van der Waals surface area (Å²) < 4.78 is 0. The third-order valence-electron chi connectivity index (χ3n) is 2.21. The predicted octanol–water partition coefficient (Wildman–Crippen LogP) is 0.896. The molecule has 0 amide bonds. The van der Waals surface area contributed by atoms with Gasteiger partial charge < -0.3 is 15.9 Å². The lowest BCUT2D eigenvalue weighted by atomic mass is 10.3. The average molecular weight is 250 g/mol. The van der Waals surface area contributed by atoms with Crippen LogP contribution in [0.5, 0.6) is 5.75 Å². The Balaban J connectivity index is 2.20. The molecule has 0 spiro atoms. The van der Waals surface area contributed by atoms with Gasteiger partial charge in [-0.3, -0.25) is 15.2 Å². The maximum absolute atomic E-state index is 10.5. The summed E-state index contributed by atoms with van der Waals surface area (Å²) in [7, 11) is 0. The van der Waals surface area contributed by atoms with Gasteiger partial charge >= 0.3 is 0 Å². The molecule has 0 unspecified atom stereocenters. The molecule has 0 aliphatic heterocycles. The molecule has 2 aromatic rings. The molecule has 1 heterocycles. The lowest BCUT2D eigenvalue weighted by molar-refractivity contribution is -0.384. The van der Waals surface area contributed by atoms with E-state index in [0.717, 1.165) is 0 Å². The van der Waals surface area contributed by atoms with Crippen LogP contribution in [0.15, 0.2) is 24.3 Å². The van der Waals surface area contributed by atoms with Crippen LogP contribution in [-0.4, -0.2) is 15.1 Å². The molecule has 0 aliphatic rings. The molecule has 6 N–H and O–H groups in total. The summed E-state index contributed by atoms with van der Waals surface area (Å²) in [4.78, 5) is 14.6. The van der Waals surface area contributed by atoms with Gasteiger partial charge in [0.25, 0.3) is 5.69 Å². The molecule has 1 aromatic heterocycles. The van der Waals surface area contributed by atoms with Gasteiger partial charge in [0, 0.05) is 17.8 Å². The van der Waals surface area contributed by atoms with Crippen LogP contribution >= 0.6 is 0 Å². The maximum atomic E-state index is 10.5. The first-order chi connectivity index (χ1) is 8.61. The first-order valence-corrected chi connectivity index (χ1v) is 4.84. The van der Waals surface area contributed by atoms with E-state index in [4.69, 9.17) is 11.6 Å². The Morgan fingerprint density at radius 2 is 2.06 bits per heavy atom. The second-order valence-corrected chi connectivity index (χ2v) is 3.36. The Hall–Kier alpha value is -2.81. The summed E-state index contributed by atoms with van der Waals surface area (Å²) in [5, 5.41) is 19.7.